The lowest BCUT2D eigenvalue weighted by Gasteiger charge is -2.24. The zero-order chi connectivity index (χ0) is 16.0. The summed E-state index contributed by atoms with van der Waals surface area (Å²) >= 11 is 6.20. The van der Waals surface area contributed by atoms with Crippen molar-refractivity contribution in [2.24, 2.45) is 11.3 Å². The van der Waals surface area contributed by atoms with Gasteiger partial charge in [0.2, 0.25) is 0 Å². The number of halogens is 1. The second-order valence-corrected chi connectivity index (χ2v) is 7.62. The largest absolute Gasteiger partial charge is 0.344 e. The molecule has 0 radical (unpaired) electrons. The van der Waals surface area contributed by atoms with Crippen LogP contribution >= 0.6 is 11.6 Å². The van der Waals surface area contributed by atoms with Crippen LogP contribution in [0.1, 0.15) is 26.3 Å². The SMILES string of the molecule is C=C[C@@]12C[C@@H]1[C@H](n1ccc3c(Cl)ncnc31)[C@@H]1OC(C)(C)O[C@H]12. The molecule has 0 unspecified atom stereocenters. The fourth-order valence-corrected chi connectivity index (χ4v) is 4.85. The third-order valence-electron chi connectivity index (χ3n) is 5.67. The third kappa shape index (κ3) is 1.65. The van der Waals surface area contributed by atoms with Gasteiger partial charge >= 0.3 is 0 Å². The molecule has 1 aliphatic heterocycles. The highest BCUT2D eigenvalue weighted by Gasteiger charge is 2.74. The standard InChI is InChI=1S/C17H18ClN3O2/c1-4-17-7-10(17)11(12-13(17)23-16(2,3)22-12)21-6-5-9-14(18)19-8-20-15(9)21/h4-6,8,10-13H,1,7H2,2-3H3/t10-,11+,12+,13-,17-/m1/s1. The molecular formula is C17H18ClN3O2. The molecule has 5 rings (SSSR count). The molecule has 0 N–H and O–H groups in total. The molecule has 1 saturated heterocycles. The Morgan fingerprint density at radius 1 is 1.39 bits per heavy atom. The van der Waals surface area contributed by atoms with Gasteiger partial charge < -0.3 is 14.0 Å². The second-order valence-electron chi connectivity index (χ2n) is 7.26. The highest BCUT2D eigenvalue weighted by atomic mass is 35.5. The maximum Gasteiger partial charge on any atom is 0.163 e. The van der Waals surface area contributed by atoms with Crippen LogP contribution in [0.2, 0.25) is 5.15 Å². The Morgan fingerprint density at radius 3 is 3.00 bits per heavy atom. The van der Waals surface area contributed by atoms with E-state index in [0.29, 0.717) is 11.1 Å². The number of aromatic nitrogens is 3. The summed E-state index contributed by atoms with van der Waals surface area (Å²) in [5.74, 6) is -0.0948. The summed E-state index contributed by atoms with van der Waals surface area (Å²) in [6, 6.07) is 2.16. The first-order valence-corrected chi connectivity index (χ1v) is 8.31. The molecule has 2 aromatic heterocycles. The molecule has 0 bridgehead atoms. The fourth-order valence-electron chi connectivity index (χ4n) is 4.65. The minimum absolute atomic E-state index is 0.00564. The highest BCUT2D eigenvalue weighted by molar-refractivity contribution is 6.33. The third-order valence-corrected chi connectivity index (χ3v) is 5.97. The zero-order valence-corrected chi connectivity index (χ0v) is 13.8. The highest BCUT2D eigenvalue weighted by Crippen LogP contribution is 2.72. The van der Waals surface area contributed by atoms with E-state index >= 15 is 0 Å². The Bertz CT molecular complexity index is 832. The molecule has 120 valence electrons. The van der Waals surface area contributed by atoms with Crippen LogP contribution in [0.5, 0.6) is 0 Å². The van der Waals surface area contributed by atoms with Gasteiger partial charge in [-0.05, 0) is 32.3 Å². The van der Waals surface area contributed by atoms with Gasteiger partial charge in [-0.2, -0.15) is 0 Å². The van der Waals surface area contributed by atoms with Crippen molar-refractivity contribution in [2.45, 2.75) is 44.3 Å². The molecule has 2 saturated carbocycles. The van der Waals surface area contributed by atoms with Gasteiger partial charge in [-0.3, -0.25) is 0 Å². The summed E-state index contributed by atoms with van der Waals surface area (Å²) in [4.78, 5) is 8.51. The van der Waals surface area contributed by atoms with E-state index in [9.17, 15) is 0 Å². The molecule has 0 spiro atoms. The molecule has 3 fully saturated rings. The Hall–Kier alpha value is -1.43. The molecule has 5 atom stereocenters. The predicted octanol–water partition coefficient (Wildman–Crippen LogP) is 3.35. The summed E-state index contributed by atoms with van der Waals surface area (Å²) < 4.78 is 14.7. The van der Waals surface area contributed by atoms with E-state index in [1.165, 1.54) is 6.33 Å². The van der Waals surface area contributed by atoms with Crippen LogP contribution in [0.3, 0.4) is 0 Å². The van der Waals surface area contributed by atoms with Gasteiger partial charge in [0.05, 0.1) is 17.5 Å². The van der Waals surface area contributed by atoms with Crippen molar-refractivity contribution in [1.29, 1.82) is 0 Å². The molecule has 3 heterocycles. The number of rotatable bonds is 2. The molecule has 3 aliphatic rings. The summed E-state index contributed by atoms with van der Waals surface area (Å²) in [5.41, 5.74) is 0.880. The summed E-state index contributed by atoms with van der Waals surface area (Å²) in [5, 5.41) is 1.36. The van der Waals surface area contributed by atoms with Crippen LogP contribution in [-0.2, 0) is 9.47 Å². The lowest BCUT2D eigenvalue weighted by molar-refractivity contribution is -0.159. The van der Waals surface area contributed by atoms with Gasteiger partial charge in [-0.15, -0.1) is 6.58 Å². The molecule has 2 aromatic rings. The average molecular weight is 332 g/mol. The number of hydrogen-bond acceptors (Lipinski definition) is 4. The molecular weight excluding hydrogens is 314 g/mol. The van der Waals surface area contributed by atoms with Gasteiger partial charge in [-0.25, -0.2) is 9.97 Å². The lowest BCUT2D eigenvalue weighted by Crippen LogP contribution is -2.31. The Kier molecular flexibility index (Phi) is 2.52. The van der Waals surface area contributed by atoms with Gasteiger partial charge in [0.15, 0.2) is 5.79 Å². The van der Waals surface area contributed by atoms with Crippen molar-refractivity contribution in [3.05, 3.63) is 36.4 Å². The van der Waals surface area contributed by atoms with E-state index < -0.39 is 5.79 Å². The van der Waals surface area contributed by atoms with Crippen LogP contribution in [0, 0.1) is 11.3 Å². The Labute approximate surface area is 139 Å². The van der Waals surface area contributed by atoms with Crippen molar-refractivity contribution in [1.82, 2.24) is 14.5 Å². The van der Waals surface area contributed by atoms with Crippen LogP contribution in [0.15, 0.2) is 31.2 Å². The normalized spacial score (nSPS) is 40.1. The maximum atomic E-state index is 6.25. The summed E-state index contributed by atoms with van der Waals surface area (Å²) in [6.07, 6.45) is 6.76. The van der Waals surface area contributed by atoms with Crippen LogP contribution < -0.4 is 0 Å². The van der Waals surface area contributed by atoms with Gasteiger partial charge in [0, 0.05) is 11.6 Å². The van der Waals surface area contributed by atoms with Crippen LogP contribution in [0.4, 0.5) is 0 Å². The number of fused-ring (bicyclic) bond motifs is 4. The minimum Gasteiger partial charge on any atom is -0.344 e. The first-order chi connectivity index (χ1) is 11.0. The van der Waals surface area contributed by atoms with E-state index in [0.717, 1.165) is 17.5 Å². The second kappa shape index (κ2) is 4.15. The molecule has 5 nitrogen and oxygen atoms in total. The Balaban J connectivity index is 1.65. The number of nitrogens with zero attached hydrogens (tertiary/aromatic N) is 3. The molecule has 6 heteroatoms. The van der Waals surface area contributed by atoms with Gasteiger partial charge in [0.25, 0.3) is 0 Å². The summed E-state index contributed by atoms with van der Waals surface area (Å²) in [6.45, 7) is 8.02. The number of ether oxygens (including phenoxy) is 2. The Morgan fingerprint density at radius 2 is 2.22 bits per heavy atom. The topological polar surface area (TPSA) is 49.2 Å². The molecule has 23 heavy (non-hydrogen) atoms. The first-order valence-electron chi connectivity index (χ1n) is 7.93. The summed E-state index contributed by atoms with van der Waals surface area (Å²) in [7, 11) is 0. The van der Waals surface area contributed by atoms with Crippen molar-refractivity contribution >= 4 is 22.6 Å². The van der Waals surface area contributed by atoms with Crippen molar-refractivity contribution in [3.8, 4) is 0 Å². The van der Waals surface area contributed by atoms with E-state index in [-0.39, 0.29) is 23.7 Å². The van der Waals surface area contributed by atoms with E-state index in [4.69, 9.17) is 21.1 Å². The lowest BCUT2D eigenvalue weighted by atomic mass is 10.00. The van der Waals surface area contributed by atoms with Crippen LogP contribution in [0.25, 0.3) is 11.0 Å². The minimum atomic E-state index is -0.563. The van der Waals surface area contributed by atoms with E-state index in [1.54, 1.807) is 0 Å². The van der Waals surface area contributed by atoms with Crippen LogP contribution in [-0.4, -0.2) is 32.5 Å². The zero-order valence-electron chi connectivity index (χ0n) is 13.1. The van der Waals surface area contributed by atoms with E-state index in [2.05, 4.69) is 27.2 Å². The van der Waals surface area contributed by atoms with Gasteiger partial charge in [0.1, 0.15) is 23.2 Å². The quantitative estimate of drug-likeness (QED) is 0.625. The molecule has 0 amide bonds. The fraction of sp³-hybridized carbons (Fsp3) is 0.529. The number of hydrogen-bond donors (Lipinski definition) is 0. The van der Waals surface area contributed by atoms with Crippen molar-refractivity contribution in [2.75, 3.05) is 0 Å². The molecule has 0 aromatic carbocycles. The smallest absolute Gasteiger partial charge is 0.163 e. The molecule has 2 aliphatic carbocycles. The van der Waals surface area contributed by atoms with Crippen molar-refractivity contribution < 1.29 is 9.47 Å². The predicted molar refractivity (Wildman–Crippen MR) is 86.1 cm³/mol. The van der Waals surface area contributed by atoms with E-state index in [1.807, 2.05) is 26.1 Å². The van der Waals surface area contributed by atoms with Gasteiger partial charge in [-0.1, -0.05) is 17.7 Å². The maximum absolute atomic E-state index is 6.25. The average Bonchev–Trinajstić information content (AvgIpc) is 2.78. The first kappa shape index (κ1) is 14.0. The van der Waals surface area contributed by atoms with Crippen molar-refractivity contribution in [3.63, 3.8) is 0 Å². The monoisotopic (exact) mass is 331 g/mol.